The van der Waals surface area contributed by atoms with Gasteiger partial charge < -0.3 is 19.3 Å². The number of hydrogen-bond acceptors (Lipinski definition) is 10. The Balaban J connectivity index is 0.000000218. The third-order valence-electron chi connectivity index (χ3n) is 11.8. The Kier molecular flexibility index (Phi) is 18.1. The lowest BCUT2D eigenvalue weighted by Crippen LogP contribution is -2.52. The maximum atomic E-state index is 12.8. The standard InChI is InChI=1S/C23H32N2O4.C22H30N2O4/c26-21(19-11-2-1-3-12-19)22(27)25-15-6-4-13-20(25)23(28)29-16-7-5-9-18-10-8-14-24-17-18;25-20(18-10-2-1-3-11-18)21(26)24-14-5-4-12-19(24)22(27)28-15-7-9-17-8-6-13-23-16-17/h8,10,14,17,19-20H,1-7,9,11-13,15-16H2;6,8,13,16,18-19H,1-5,7,9-12,14-15H2. The van der Waals surface area contributed by atoms with Crippen molar-refractivity contribution in [2.45, 2.75) is 147 Å². The number of Topliss-reactive ketones (excluding diaryl/α,β-unsaturated/α-hetero) is 2. The summed E-state index contributed by atoms with van der Waals surface area (Å²) in [6.45, 7) is 1.59. The predicted molar refractivity (Wildman–Crippen MR) is 214 cm³/mol. The van der Waals surface area contributed by atoms with Gasteiger partial charge in [-0.1, -0.05) is 50.7 Å². The minimum atomic E-state index is -0.618. The summed E-state index contributed by atoms with van der Waals surface area (Å²) >= 11 is 0. The minimum absolute atomic E-state index is 0.165. The molecule has 2 unspecified atom stereocenters. The van der Waals surface area contributed by atoms with E-state index in [2.05, 4.69) is 9.97 Å². The van der Waals surface area contributed by atoms with Crippen LogP contribution in [0.4, 0.5) is 0 Å². The lowest BCUT2D eigenvalue weighted by Gasteiger charge is -2.34. The number of pyridine rings is 2. The molecule has 2 saturated carbocycles. The summed E-state index contributed by atoms with van der Waals surface area (Å²) in [6, 6.07) is 6.60. The van der Waals surface area contributed by atoms with Gasteiger partial charge in [-0.25, -0.2) is 9.59 Å². The second-order valence-electron chi connectivity index (χ2n) is 16.0. The van der Waals surface area contributed by atoms with Gasteiger partial charge >= 0.3 is 11.9 Å². The van der Waals surface area contributed by atoms with Gasteiger partial charge in [0.15, 0.2) is 0 Å². The van der Waals surface area contributed by atoms with Crippen LogP contribution in [0, 0.1) is 11.8 Å². The van der Waals surface area contributed by atoms with Gasteiger partial charge in [0.05, 0.1) is 13.2 Å². The van der Waals surface area contributed by atoms with Crippen molar-refractivity contribution in [3.8, 4) is 0 Å². The zero-order valence-corrected chi connectivity index (χ0v) is 33.7. The molecule has 2 aliphatic carbocycles. The molecule has 2 amide bonds. The van der Waals surface area contributed by atoms with Crippen LogP contribution in [0.2, 0.25) is 0 Å². The van der Waals surface area contributed by atoms with Crippen molar-refractivity contribution >= 4 is 35.3 Å². The maximum absolute atomic E-state index is 12.8. The highest BCUT2D eigenvalue weighted by atomic mass is 16.5. The number of hydrogen-bond donors (Lipinski definition) is 0. The number of nitrogens with zero attached hydrogens (tertiary/aromatic N) is 4. The molecule has 310 valence electrons. The van der Waals surface area contributed by atoms with Gasteiger partial charge in [0.1, 0.15) is 12.1 Å². The Bertz CT molecular complexity index is 1590. The normalized spacial score (nSPS) is 20.4. The van der Waals surface area contributed by atoms with Crippen LogP contribution in [-0.4, -0.2) is 93.5 Å². The molecule has 2 aliphatic heterocycles. The first-order chi connectivity index (χ1) is 27.8. The van der Waals surface area contributed by atoms with Crippen molar-refractivity contribution < 1.29 is 38.2 Å². The molecule has 0 bridgehead atoms. The highest BCUT2D eigenvalue weighted by Gasteiger charge is 2.40. The van der Waals surface area contributed by atoms with Crippen LogP contribution in [0.5, 0.6) is 0 Å². The van der Waals surface area contributed by atoms with E-state index in [0.717, 1.165) is 121 Å². The van der Waals surface area contributed by atoms with E-state index in [4.69, 9.17) is 9.47 Å². The van der Waals surface area contributed by atoms with Crippen LogP contribution in [-0.2, 0) is 51.1 Å². The van der Waals surface area contributed by atoms with Gasteiger partial charge in [-0.15, -0.1) is 0 Å². The van der Waals surface area contributed by atoms with Crippen LogP contribution < -0.4 is 0 Å². The molecule has 0 aromatic carbocycles. The molecular formula is C45H62N4O8. The molecule has 4 heterocycles. The van der Waals surface area contributed by atoms with E-state index in [-0.39, 0.29) is 35.3 Å². The van der Waals surface area contributed by atoms with Gasteiger partial charge in [-0.05, 0) is 120 Å². The third-order valence-corrected chi connectivity index (χ3v) is 11.8. The topological polar surface area (TPSA) is 153 Å². The van der Waals surface area contributed by atoms with E-state index in [0.29, 0.717) is 45.6 Å². The summed E-state index contributed by atoms with van der Waals surface area (Å²) < 4.78 is 10.9. The number of unbranched alkanes of at least 4 members (excludes halogenated alkanes) is 1. The van der Waals surface area contributed by atoms with Crippen molar-refractivity contribution in [2.75, 3.05) is 26.3 Å². The molecule has 2 atom stereocenters. The quantitative estimate of drug-likeness (QED) is 0.110. The first-order valence-electron chi connectivity index (χ1n) is 21.6. The summed E-state index contributed by atoms with van der Waals surface area (Å²) in [7, 11) is 0. The zero-order valence-electron chi connectivity index (χ0n) is 33.7. The van der Waals surface area contributed by atoms with E-state index < -0.39 is 23.9 Å². The lowest BCUT2D eigenvalue weighted by atomic mass is 9.85. The minimum Gasteiger partial charge on any atom is -0.464 e. The number of carbonyl (C=O) groups is 6. The number of piperidine rings is 2. The van der Waals surface area contributed by atoms with Crippen LogP contribution in [0.15, 0.2) is 49.1 Å². The number of rotatable bonds is 15. The largest absolute Gasteiger partial charge is 0.464 e. The molecule has 12 heteroatoms. The number of amides is 2. The molecule has 0 spiro atoms. The highest BCUT2D eigenvalue weighted by Crippen LogP contribution is 2.28. The van der Waals surface area contributed by atoms with Gasteiger partial charge in [0, 0.05) is 49.7 Å². The average molecular weight is 787 g/mol. The van der Waals surface area contributed by atoms with Crippen LogP contribution in [0.3, 0.4) is 0 Å². The van der Waals surface area contributed by atoms with Gasteiger partial charge in [0.2, 0.25) is 11.6 Å². The lowest BCUT2D eigenvalue weighted by molar-refractivity contribution is -0.160. The van der Waals surface area contributed by atoms with Crippen molar-refractivity contribution in [3.05, 3.63) is 60.2 Å². The molecule has 2 aromatic heterocycles. The predicted octanol–water partition coefficient (Wildman–Crippen LogP) is 6.57. The second-order valence-corrected chi connectivity index (χ2v) is 16.0. The summed E-state index contributed by atoms with van der Waals surface area (Å²) in [4.78, 5) is 87.2. The Hall–Kier alpha value is -4.48. The molecule has 2 aromatic rings. The maximum Gasteiger partial charge on any atom is 0.328 e. The number of likely N-dealkylation sites (tertiary alicyclic amines) is 2. The number of ether oxygens (including phenoxy) is 2. The van der Waals surface area contributed by atoms with Crippen LogP contribution in [0.1, 0.15) is 133 Å². The Morgan fingerprint density at radius 3 is 1.39 bits per heavy atom. The molecule has 4 aliphatic rings. The van der Waals surface area contributed by atoms with E-state index in [1.165, 1.54) is 15.4 Å². The van der Waals surface area contributed by atoms with Gasteiger partial charge in [-0.3, -0.25) is 29.1 Å². The van der Waals surface area contributed by atoms with Gasteiger partial charge in [0.25, 0.3) is 11.8 Å². The number of carbonyl (C=O) groups excluding carboxylic acids is 6. The molecule has 4 fully saturated rings. The van der Waals surface area contributed by atoms with E-state index >= 15 is 0 Å². The molecule has 0 radical (unpaired) electrons. The third kappa shape index (κ3) is 13.6. The Morgan fingerprint density at radius 1 is 0.526 bits per heavy atom. The summed E-state index contributed by atoms with van der Waals surface area (Å²) in [5.74, 6) is -2.65. The van der Waals surface area contributed by atoms with Crippen molar-refractivity contribution in [3.63, 3.8) is 0 Å². The number of aromatic nitrogens is 2. The fraction of sp³-hybridized carbons (Fsp3) is 0.644. The fourth-order valence-corrected chi connectivity index (χ4v) is 8.54. The second kappa shape index (κ2) is 23.7. The first-order valence-corrected chi connectivity index (χ1v) is 21.6. The van der Waals surface area contributed by atoms with E-state index in [1.807, 2.05) is 30.5 Å². The molecule has 6 rings (SSSR count). The Labute approximate surface area is 337 Å². The van der Waals surface area contributed by atoms with Gasteiger partial charge in [-0.2, -0.15) is 0 Å². The highest BCUT2D eigenvalue weighted by molar-refractivity contribution is 6.37. The smallest absolute Gasteiger partial charge is 0.328 e. The summed E-state index contributed by atoms with van der Waals surface area (Å²) in [5.41, 5.74) is 2.27. The first kappa shape index (κ1) is 43.6. The fourth-order valence-electron chi connectivity index (χ4n) is 8.54. The monoisotopic (exact) mass is 786 g/mol. The number of esters is 2. The molecule has 2 saturated heterocycles. The SMILES string of the molecule is O=C(C(=O)N1CCCCC1C(=O)OCCCCc1cccnc1)C1CCCCC1.O=C(C(=O)N1CCCCC1C(=O)OCCCc1cccnc1)C1CCCCC1. The van der Waals surface area contributed by atoms with Crippen molar-refractivity contribution in [1.82, 2.24) is 19.8 Å². The zero-order chi connectivity index (χ0) is 40.2. The number of ketones is 2. The molecular weight excluding hydrogens is 725 g/mol. The van der Waals surface area contributed by atoms with Crippen LogP contribution in [0.25, 0.3) is 0 Å². The van der Waals surface area contributed by atoms with E-state index in [9.17, 15) is 28.8 Å². The summed E-state index contributed by atoms with van der Waals surface area (Å²) in [6.07, 6.45) is 25.2. The summed E-state index contributed by atoms with van der Waals surface area (Å²) in [5, 5.41) is 0. The molecule has 57 heavy (non-hydrogen) atoms. The van der Waals surface area contributed by atoms with Crippen molar-refractivity contribution in [1.29, 1.82) is 0 Å². The average Bonchev–Trinajstić information content (AvgIpc) is 3.28. The Morgan fingerprint density at radius 2 is 0.947 bits per heavy atom. The van der Waals surface area contributed by atoms with Crippen molar-refractivity contribution in [2.24, 2.45) is 11.8 Å². The number of aryl methyl sites for hydroxylation is 2. The molecule has 0 N–H and O–H groups in total. The van der Waals surface area contributed by atoms with E-state index in [1.54, 1.807) is 18.6 Å². The molecule has 12 nitrogen and oxygen atoms in total. The van der Waals surface area contributed by atoms with Crippen LogP contribution >= 0.6 is 0 Å².